The summed E-state index contributed by atoms with van der Waals surface area (Å²) in [6, 6.07) is 18.5. The molecule has 2 aliphatic heterocycles. The molecule has 8 nitrogen and oxygen atoms in total. The molecule has 202 valence electrons. The van der Waals surface area contributed by atoms with Gasteiger partial charge in [-0.2, -0.15) is 4.98 Å². The summed E-state index contributed by atoms with van der Waals surface area (Å²) < 4.78 is 18.8. The number of amides is 1. The van der Waals surface area contributed by atoms with E-state index in [9.17, 15) is 9.59 Å². The van der Waals surface area contributed by atoms with Gasteiger partial charge in [0.2, 0.25) is 12.7 Å². The summed E-state index contributed by atoms with van der Waals surface area (Å²) in [5.41, 5.74) is 2.22. The average molecular weight is 572 g/mol. The van der Waals surface area contributed by atoms with E-state index < -0.39 is 0 Å². The van der Waals surface area contributed by atoms with Gasteiger partial charge in [-0.15, -0.1) is 0 Å². The quantitative estimate of drug-likeness (QED) is 0.216. The molecule has 2 aromatic carbocycles. The monoisotopic (exact) mass is 571 g/mol. The number of benzene rings is 2. The number of aromatic nitrogens is 2. The minimum Gasteiger partial charge on any atom is -0.454 e. The fraction of sp³-hybridized carbons (Fsp3) is 0.200. The van der Waals surface area contributed by atoms with E-state index in [-0.39, 0.29) is 41.7 Å². The van der Waals surface area contributed by atoms with E-state index in [0.29, 0.717) is 32.1 Å². The lowest BCUT2D eigenvalue weighted by molar-refractivity contribution is -0.122. The number of fused-ring (bicyclic) bond motifs is 2. The van der Waals surface area contributed by atoms with E-state index in [1.54, 1.807) is 24.4 Å². The molecular formula is C30H25N3O5S2. The number of nitrogens with zero attached hydrogens (tertiary/aromatic N) is 3. The predicted molar refractivity (Wildman–Crippen MR) is 158 cm³/mol. The van der Waals surface area contributed by atoms with Gasteiger partial charge < -0.3 is 14.2 Å². The molecule has 0 saturated carbocycles. The van der Waals surface area contributed by atoms with Crippen LogP contribution in [0, 0.1) is 0 Å². The Kier molecular flexibility index (Phi) is 6.59. The summed E-state index contributed by atoms with van der Waals surface area (Å²) >= 11 is 6.68. The van der Waals surface area contributed by atoms with Crippen LogP contribution in [0.5, 0.6) is 23.1 Å². The highest BCUT2D eigenvalue weighted by molar-refractivity contribution is 8.26. The molecule has 0 bridgehead atoms. The van der Waals surface area contributed by atoms with E-state index in [1.165, 1.54) is 15.4 Å². The van der Waals surface area contributed by atoms with Crippen molar-refractivity contribution in [1.29, 1.82) is 0 Å². The van der Waals surface area contributed by atoms with Crippen molar-refractivity contribution in [1.82, 2.24) is 14.3 Å². The normalized spacial score (nSPS) is 15.9. The Labute approximate surface area is 240 Å². The third kappa shape index (κ3) is 4.96. The van der Waals surface area contributed by atoms with Crippen molar-refractivity contribution in [3.05, 3.63) is 98.8 Å². The zero-order valence-corrected chi connectivity index (χ0v) is 23.7. The number of pyridine rings is 1. The highest BCUT2D eigenvalue weighted by atomic mass is 32.2. The van der Waals surface area contributed by atoms with Gasteiger partial charge in [0, 0.05) is 6.20 Å². The molecule has 1 fully saturated rings. The molecule has 40 heavy (non-hydrogen) atoms. The van der Waals surface area contributed by atoms with Gasteiger partial charge in [0.15, 0.2) is 11.5 Å². The van der Waals surface area contributed by atoms with Gasteiger partial charge in [0.25, 0.3) is 11.5 Å². The SMILES string of the molecule is CC(C)(C)c1ccc(Oc2nc3ccccn3c(=O)c2/C=C2/SC(=S)N(Cc3ccc4c(c3)OCO4)C2=O)cc1. The maximum absolute atomic E-state index is 13.6. The number of ether oxygens (including phenoxy) is 3. The van der Waals surface area contributed by atoms with Crippen LogP contribution in [-0.4, -0.2) is 31.3 Å². The fourth-order valence-corrected chi connectivity index (χ4v) is 5.64. The number of hydrogen-bond acceptors (Lipinski definition) is 8. The van der Waals surface area contributed by atoms with Crippen LogP contribution in [0.1, 0.15) is 37.5 Å². The number of rotatable bonds is 5. The smallest absolute Gasteiger partial charge is 0.269 e. The Morgan fingerprint density at radius 2 is 1.82 bits per heavy atom. The van der Waals surface area contributed by atoms with Crippen LogP contribution in [0.25, 0.3) is 11.7 Å². The van der Waals surface area contributed by atoms with Crippen LogP contribution >= 0.6 is 24.0 Å². The fourth-order valence-electron chi connectivity index (χ4n) is 4.41. The first kappa shape index (κ1) is 26.1. The molecule has 0 spiro atoms. The molecule has 2 aliphatic rings. The molecule has 0 atom stereocenters. The standard InChI is InChI=1S/C30H25N3O5S2/c1-30(2,3)19-8-10-20(11-9-19)38-26-21(27(34)32-13-5-4-6-25(32)31-26)15-24-28(35)33(29(39)40-24)16-18-7-12-22-23(14-18)37-17-36-22/h4-15H,16-17H2,1-3H3/b24-15+. The van der Waals surface area contributed by atoms with Gasteiger partial charge in [-0.3, -0.25) is 18.9 Å². The molecule has 0 N–H and O–H groups in total. The van der Waals surface area contributed by atoms with Gasteiger partial charge in [0.1, 0.15) is 21.3 Å². The Morgan fingerprint density at radius 1 is 1.05 bits per heavy atom. The highest BCUT2D eigenvalue weighted by Gasteiger charge is 2.33. The number of carbonyl (C=O) groups is 1. The average Bonchev–Trinajstić information content (AvgIpc) is 3.50. The third-order valence-corrected chi connectivity index (χ3v) is 7.97. The number of carbonyl (C=O) groups excluding carboxylic acids is 1. The van der Waals surface area contributed by atoms with Crippen LogP contribution in [0.2, 0.25) is 0 Å². The van der Waals surface area contributed by atoms with Crippen molar-refractivity contribution < 1.29 is 19.0 Å². The molecule has 6 rings (SSSR count). The maximum atomic E-state index is 13.6. The summed E-state index contributed by atoms with van der Waals surface area (Å²) in [5.74, 6) is 1.64. The Morgan fingerprint density at radius 3 is 2.60 bits per heavy atom. The van der Waals surface area contributed by atoms with Crippen molar-refractivity contribution >= 4 is 45.9 Å². The van der Waals surface area contributed by atoms with Gasteiger partial charge in [-0.25, -0.2) is 0 Å². The molecule has 2 aromatic heterocycles. The van der Waals surface area contributed by atoms with Crippen molar-refractivity contribution in [3.8, 4) is 23.1 Å². The van der Waals surface area contributed by atoms with Crippen LogP contribution in [-0.2, 0) is 16.8 Å². The lowest BCUT2D eigenvalue weighted by Gasteiger charge is -2.19. The van der Waals surface area contributed by atoms with Crippen LogP contribution in [0.3, 0.4) is 0 Å². The predicted octanol–water partition coefficient (Wildman–Crippen LogP) is 5.91. The van der Waals surface area contributed by atoms with Gasteiger partial charge in [-0.1, -0.05) is 69.0 Å². The first-order valence-corrected chi connectivity index (χ1v) is 13.8. The second-order valence-electron chi connectivity index (χ2n) is 10.4. The first-order valence-electron chi connectivity index (χ1n) is 12.6. The molecule has 1 saturated heterocycles. The van der Waals surface area contributed by atoms with Crippen molar-refractivity contribution in [2.24, 2.45) is 0 Å². The second kappa shape index (κ2) is 10.1. The summed E-state index contributed by atoms with van der Waals surface area (Å²) in [7, 11) is 0. The minimum absolute atomic E-state index is 0.0148. The zero-order chi connectivity index (χ0) is 28.0. The van der Waals surface area contributed by atoms with Gasteiger partial charge in [-0.05, 0) is 59.0 Å². The Hall–Kier alpha value is -4.15. The Bertz CT molecular complexity index is 1760. The molecule has 4 aromatic rings. The van der Waals surface area contributed by atoms with E-state index in [2.05, 4.69) is 25.8 Å². The summed E-state index contributed by atoms with van der Waals surface area (Å²) in [5, 5.41) is 0. The molecule has 0 unspecified atom stereocenters. The summed E-state index contributed by atoms with van der Waals surface area (Å²) in [4.78, 5) is 33.5. The topological polar surface area (TPSA) is 82.4 Å². The molecule has 0 radical (unpaired) electrons. The van der Waals surface area contributed by atoms with E-state index >= 15 is 0 Å². The van der Waals surface area contributed by atoms with E-state index in [0.717, 1.165) is 22.9 Å². The number of thioether (sulfide) groups is 1. The first-order chi connectivity index (χ1) is 19.2. The molecular weight excluding hydrogens is 546 g/mol. The molecule has 0 aliphatic carbocycles. The number of hydrogen-bond donors (Lipinski definition) is 0. The zero-order valence-electron chi connectivity index (χ0n) is 22.0. The van der Waals surface area contributed by atoms with Crippen molar-refractivity contribution in [3.63, 3.8) is 0 Å². The lowest BCUT2D eigenvalue weighted by Crippen LogP contribution is -2.27. The lowest BCUT2D eigenvalue weighted by atomic mass is 9.87. The summed E-state index contributed by atoms with van der Waals surface area (Å²) in [6.07, 6.45) is 3.15. The largest absolute Gasteiger partial charge is 0.454 e. The van der Waals surface area contributed by atoms with Crippen LogP contribution in [0.4, 0.5) is 0 Å². The van der Waals surface area contributed by atoms with Crippen LogP contribution < -0.4 is 19.8 Å². The third-order valence-electron chi connectivity index (χ3n) is 6.60. The minimum atomic E-state index is -0.354. The van der Waals surface area contributed by atoms with Gasteiger partial charge in [0.05, 0.1) is 11.4 Å². The van der Waals surface area contributed by atoms with Crippen molar-refractivity contribution in [2.45, 2.75) is 32.7 Å². The van der Waals surface area contributed by atoms with E-state index in [4.69, 9.17) is 26.4 Å². The second-order valence-corrected chi connectivity index (χ2v) is 12.1. The molecule has 4 heterocycles. The van der Waals surface area contributed by atoms with Crippen LogP contribution in [0.15, 0.2) is 76.6 Å². The Balaban J connectivity index is 1.35. The molecule has 10 heteroatoms. The maximum Gasteiger partial charge on any atom is 0.269 e. The highest BCUT2D eigenvalue weighted by Crippen LogP contribution is 2.37. The number of thiocarbonyl (C=S) groups is 1. The van der Waals surface area contributed by atoms with E-state index in [1.807, 2.05) is 42.5 Å². The van der Waals surface area contributed by atoms with Crippen molar-refractivity contribution in [2.75, 3.05) is 6.79 Å². The van der Waals surface area contributed by atoms with Gasteiger partial charge >= 0.3 is 0 Å². The summed E-state index contributed by atoms with van der Waals surface area (Å²) in [6.45, 7) is 6.83. The molecule has 1 amide bonds.